The predicted octanol–water partition coefficient (Wildman–Crippen LogP) is 2.79. The van der Waals surface area contributed by atoms with Crippen molar-refractivity contribution in [2.75, 3.05) is 38.0 Å². The molecule has 1 aromatic heterocycles. The summed E-state index contributed by atoms with van der Waals surface area (Å²) in [6.45, 7) is 3.28. The fourth-order valence-electron chi connectivity index (χ4n) is 3.81. The molecular weight excluding hydrogens is 412 g/mol. The van der Waals surface area contributed by atoms with Crippen LogP contribution in [0.4, 0.5) is 5.00 Å². The van der Waals surface area contributed by atoms with Gasteiger partial charge in [-0.25, -0.2) is 0 Å². The van der Waals surface area contributed by atoms with Crippen LogP contribution in [0.1, 0.15) is 27.1 Å². The fraction of sp³-hybridized carbons (Fsp3) is 0.261. The van der Waals surface area contributed by atoms with Gasteiger partial charge in [0.05, 0.1) is 5.56 Å². The third kappa shape index (κ3) is 4.76. The Kier molecular flexibility index (Phi) is 6.29. The second kappa shape index (κ2) is 9.28. The topological polar surface area (TPSA) is 95.7 Å². The maximum Gasteiger partial charge on any atom is 0.254 e. The number of hydrogen-bond donors (Lipinski definition) is 2. The van der Waals surface area contributed by atoms with E-state index in [1.165, 1.54) is 11.3 Å². The summed E-state index contributed by atoms with van der Waals surface area (Å²) in [5.41, 5.74) is 6.37. The molecule has 1 aliphatic heterocycles. The molecule has 160 valence electrons. The first-order valence-corrected chi connectivity index (χ1v) is 11.1. The normalized spacial score (nSPS) is 14.5. The maximum atomic E-state index is 13.1. The van der Waals surface area contributed by atoms with Crippen molar-refractivity contribution in [3.8, 4) is 0 Å². The average Bonchev–Trinajstić information content (AvgIpc) is 3.25. The Hall–Kier alpha value is -3.23. The fourth-order valence-corrected chi connectivity index (χ4v) is 4.61. The second-order valence-electron chi connectivity index (χ2n) is 7.49. The number of primary amides is 1. The number of nitrogens with two attached hydrogens (primary N) is 1. The molecule has 1 aliphatic rings. The molecule has 1 fully saturated rings. The molecule has 31 heavy (non-hydrogen) atoms. The first kappa shape index (κ1) is 21.0. The molecule has 2 heterocycles. The molecule has 2 aromatic carbocycles. The minimum Gasteiger partial charge on any atom is -0.366 e. The lowest BCUT2D eigenvalue weighted by Crippen LogP contribution is -2.49. The molecule has 0 radical (unpaired) electrons. The van der Waals surface area contributed by atoms with Crippen LogP contribution in [0.3, 0.4) is 0 Å². The van der Waals surface area contributed by atoms with Crippen LogP contribution in [0.15, 0.2) is 53.9 Å². The SMILES string of the molecule is NC(=O)c1ccsc1NC(=O)CCN1CCN(C(=O)c2cccc3ccccc23)CC1. The molecule has 0 bridgehead atoms. The number of hydrogen-bond acceptors (Lipinski definition) is 5. The van der Waals surface area contributed by atoms with Crippen molar-refractivity contribution in [2.24, 2.45) is 5.73 Å². The Balaban J connectivity index is 1.29. The molecule has 1 saturated heterocycles. The van der Waals surface area contributed by atoms with E-state index >= 15 is 0 Å². The van der Waals surface area contributed by atoms with E-state index in [0.717, 1.165) is 29.4 Å². The number of amides is 3. The van der Waals surface area contributed by atoms with Gasteiger partial charge in [-0.1, -0.05) is 36.4 Å². The molecular formula is C23H24N4O3S. The number of nitrogens with zero attached hydrogens (tertiary/aromatic N) is 2. The number of piperazine rings is 1. The zero-order valence-corrected chi connectivity index (χ0v) is 17.9. The molecule has 4 rings (SSSR count). The zero-order chi connectivity index (χ0) is 21.8. The lowest BCUT2D eigenvalue weighted by atomic mass is 10.0. The number of carbonyl (C=O) groups is 3. The first-order valence-electron chi connectivity index (χ1n) is 10.2. The highest BCUT2D eigenvalue weighted by molar-refractivity contribution is 7.14. The van der Waals surface area contributed by atoms with Crippen molar-refractivity contribution in [3.05, 3.63) is 65.0 Å². The van der Waals surface area contributed by atoms with E-state index in [1.54, 1.807) is 11.4 Å². The highest BCUT2D eigenvalue weighted by Crippen LogP contribution is 2.23. The highest BCUT2D eigenvalue weighted by Gasteiger charge is 2.23. The van der Waals surface area contributed by atoms with E-state index in [1.807, 2.05) is 47.4 Å². The third-order valence-corrected chi connectivity index (χ3v) is 6.35. The van der Waals surface area contributed by atoms with Gasteiger partial charge in [0.2, 0.25) is 5.91 Å². The zero-order valence-electron chi connectivity index (χ0n) is 17.0. The Morgan fingerprint density at radius 1 is 0.935 bits per heavy atom. The van der Waals surface area contributed by atoms with Crippen molar-refractivity contribution in [3.63, 3.8) is 0 Å². The number of benzene rings is 2. The van der Waals surface area contributed by atoms with Crippen LogP contribution in [0, 0.1) is 0 Å². The molecule has 0 saturated carbocycles. The smallest absolute Gasteiger partial charge is 0.254 e. The summed E-state index contributed by atoms with van der Waals surface area (Å²) in [6, 6.07) is 15.3. The molecule has 0 aliphatic carbocycles. The van der Waals surface area contributed by atoms with Gasteiger partial charge in [0.25, 0.3) is 11.8 Å². The molecule has 8 heteroatoms. The average molecular weight is 437 g/mol. The van der Waals surface area contributed by atoms with E-state index < -0.39 is 5.91 Å². The Labute approximate surface area is 184 Å². The summed E-state index contributed by atoms with van der Waals surface area (Å²) in [7, 11) is 0. The molecule has 0 spiro atoms. The minimum absolute atomic E-state index is 0.0471. The Bertz CT molecular complexity index is 1110. The third-order valence-electron chi connectivity index (χ3n) is 5.52. The van der Waals surface area contributed by atoms with Crippen LogP contribution in [0.2, 0.25) is 0 Å². The number of nitrogens with one attached hydrogen (secondary N) is 1. The van der Waals surface area contributed by atoms with Crippen molar-refractivity contribution in [2.45, 2.75) is 6.42 Å². The standard InChI is InChI=1S/C23H24N4O3S/c24-21(29)19-9-15-31-22(19)25-20(28)8-10-26-11-13-27(14-12-26)23(30)18-7-3-5-16-4-1-2-6-17(16)18/h1-7,9,15H,8,10-14H2,(H2,24,29)(H,25,28). The van der Waals surface area contributed by atoms with E-state index in [4.69, 9.17) is 5.73 Å². The molecule has 3 N–H and O–H groups in total. The van der Waals surface area contributed by atoms with Crippen LogP contribution in [0.5, 0.6) is 0 Å². The maximum absolute atomic E-state index is 13.1. The highest BCUT2D eigenvalue weighted by atomic mass is 32.1. The summed E-state index contributed by atoms with van der Waals surface area (Å²) in [5.74, 6) is -0.659. The van der Waals surface area contributed by atoms with Crippen LogP contribution in [-0.2, 0) is 4.79 Å². The lowest BCUT2D eigenvalue weighted by molar-refractivity contribution is -0.116. The van der Waals surface area contributed by atoms with Gasteiger partial charge in [-0.2, -0.15) is 0 Å². The van der Waals surface area contributed by atoms with Crippen LogP contribution in [-0.4, -0.2) is 60.2 Å². The van der Waals surface area contributed by atoms with Crippen molar-refractivity contribution in [1.29, 1.82) is 0 Å². The van der Waals surface area contributed by atoms with Gasteiger partial charge in [0.15, 0.2) is 0 Å². The largest absolute Gasteiger partial charge is 0.366 e. The molecule has 3 aromatic rings. The first-order chi connectivity index (χ1) is 15.0. The minimum atomic E-state index is -0.552. The van der Waals surface area contributed by atoms with Gasteiger partial charge in [-0.3, -0.25) is 19.3 Å². The molecule has 0 atom stereocenters. The predicted molar refractivity (Wildman–Crippen MR) is 122 cm³/mol. The van der Waals surface area contributed by atoms with Gasteiger partial charge in [-0.15, -0.1) is 11.3 Å². The summed E-state index contributed by atoms with van der Waals surface area (Å²) in [5, 5.41) is 7.01. The summed E-state index contributed by atoms with van der Waals surface area (Å²) in [4.78, 5) is 40.7. The van der Waals surface area contributed by atoms with E-state index in [-0.39, 0.29) is 11.8 Å². The summed E-state index contributed by atoms with van der Waals surface area (Å²) in [6.07, 6.45) is 0.313. The van der Waals surface area contributed by atoms with Crippen LogP contribution < -0.4 is 11.1 Å². The molecule has 3 amide bonds. The number of fused-ring (bicyclic) bond motifs is 1. The van der Waals surface area contributed by atoms with Gasteiger partial charge in [0.1, 0.15) is 5.00 Å². The number of thiophene rings is 1. The lowest BCUT2D eigenvalue weighted by Gasteiger charge is -2.34. The van der Waals surface area contributed by atoms with E-state index in [0.29, 0.717) is 36.6 Å². The van der Waals surface area contributed by atoms with Gasteiger partial charge < -0.3 is 16.0 Å². The quantitative estimate of drug-likeness (QED) is 0.621. The van der Waals surface area contributed by atoms with Crippen molar-refractivity contribution < 1.29 is 14.4 Å². The number of rotatable bonds is 6. The van der Waals surface area contributed by atoms with Gasteiger partial charge >= 0.3 is 0 Å². The Morgan fingerprint density at radius 3 is 2.45 bits per heavy atom. The van der Waals surface area contributed by atoms with Gasteiger partial charge in [0, 0.05) is 44.7 Å². The monoisotopic (exact) mass is 436 g/mol. The van der Waals surface area contributed by atoms with Crippen molar-refractivity contribution >= 4 is 44.8 Å². The van der Waals surface area contributed by atoms with Crippen LogP contribution in [0.25, 0.3) is 10.8 Å². The summed E-state index contributed by atoms with van der Waals surface area (Å²) < 4.78 is 0. The van der Waals surface area contributed by atoms with Crippen LogP contribution >= 0.6 is 11.3 Å². The molecule has 7 nitrogen and oxygen atoms in total. The number of anilines is 1. The Morgan fingerprint density at radius 2 is 1.68 bits per heavy atom. The van der Waals surface area contributed by atoms with Crippen molar-refractivity contribution in [1.82, 2.24) is 9.80 Å². The van der Waals surface area contributed by atoms with Gasteiger partial charge in [-0.05, 0) is 28.3 Å². The number of carbonyl (C=O) groups excluding carboxylic acids is 3. The second-order valence-corrected chi connectivity index (χ2v) is 8.40. The molecule has 0 unspecified atom stereocenters. The van der Waals surface area contributed by atoms with E-state index in [9.17, 15) is 14.4 Å². The van der Waals surface area contributed by atoms with E-state index in [2.05, 4.69) is 10.2 Å². The summed E-state index contributed by atoms with van der Waals surface area (Å²) >= 11 is 1.28.